The lowest BCUT2D eigenvalue weighted by atomic mass is 9.83. The lowest BCUT2D eigenvalue weighted by Crippen LogP contribution is -2.49. The maximum Gasteiger partial charge on any atom is 0.406 e. The van der Waals surface area contributed by atoms with Gasteiger partial charge in [0.15, 0.2) is 0 Å². The Labute approximate surface area is 225 Å². The SMILES string of the molecule is [2H]C(NC(=O)c1ccnn1CC#C)(C(=O)Nc1ccc(C(C)C(=O)N(C)CC(F)(F)F)cc1F)C1CCCCC1. The number of rotatable bonds is 9. The predicted octanol–water partition coefficient (Wildman–Crippen LogP) is 4.10. The number of hydrogen-bond acceptors (Lipinski definition) is 4. The molecule has 3 rings (SSSR count). The van der Waals surface area contributed by atoms with Crippen molar-refractivity contribution in [2.45, 2.75) is 63.7 Å². The first-order valence-electron chi connectivity index (χ1n) is 13.0. The first-order chi connectivity index (χ1) is 18.8. The molecular weight excluding hydrogens is 518 g/mol. The van der Waals surface area contributed by atoms with Gasteiger partial charge in [-0.3, -0.25) is 14.4 Å². The van der Waals surface area contributed by atoms with E-state index in [4.69, 9.17) is 7.79 Å². The summed E-state index contributed by atoms with van der Waals surface area (Å²) in [5.74, 6) is -2.79. The Kier molecular flexibility index (Phi) is 9.22. The zero-order valence-corrected chi connectivity index (χ0v) is 21.6. The largest absolute Gasteiger partial charge is 0.406 e. The van der Waals surface area contributed by atoms with Gasteiger partial charge in [-0.2, -0.15) is 18.3 Å². The molecular formula is C27H31F4N5O3. The molecule has 1 aromatic carbocycles. The summed E-state index contributed by atoms with van der Waals surface area (Å²) in [7, 11) is 1.00. The molecule has 1 aromatic heterocycles. The third kappa shape index (κ3) is 7.81. The summed E-state index contributed by atoms with van der Waals surface area (Å²) >= 11 is 0. The average Bonchev–Trinajstić information content (AvgIpc) is 3.37. The van der Waals surface area contributed by atoms with Gasteiger partial charge in [-0.05, 0) is 49.4 Å². The van der Waals surface area contributed by atoms with Gasteiger partial charge in [0.2, 0.25) is 11.8 Å². The highest BCUT2D eigenvalue weighted by Crippen LogP contribution is 2.29. The standard InChI is InChI=1S/C27H31F4N5O3/c1-4-14-36-22(12-13-32-36)24(37)34-23(18-8-6-5-7-9-18)25(38)33-21-11-10-19(15-20(21)28)17(2)26(39)35(3)16-27(29,30)31/h1,10-13,15,17-18,23H,5-9,14,16H2,2-3H3,(H,33,38)(H,34,37)/i23D. The fourth-order valence-electron chi connectivity index (χ4n) is 4.57. The summed E-state index contributed by atoms with van der Waals surface area (Å²) in [6.45, 7) is -0.101. The molecule has 210 valence electrons. The van der Waals surface area contributed by atoms with E-state index in [1.165, 1.54) is 36.0 Å². The van der Waals surface area contributed by atoms with E-state index in [-0.39, 0.29) is 23.5 Å². The Morgan fingerprint density at radius 3 is 2.56 bits per heavy atom. The predicted molar refractivity (Wildman–Crippen MR) is 136 cm³/mol. The zero-order chi connectivity index (χ0) is 29.7. The van der Waals surface area contributed by atoms with Crippen LogP contribution in [0.2, 0.25) is 0 Å². The van der Waals surface area contributed by atoms with Gasteiger partial charge in [0.1, 0.15) is 30.6 Å². The fourth-order valence-corrected chi connectivity index (χ4v) is 4.57. The summed E-state index contributed by atoms with van der Waals surface area (Å²) in [5, 5.41) is 8.85. The lowest BCUT2D eigenvalue weighted by molar-refractivity contribution is -0.159. The first-order valence-corrected chi connectivity index (χ1v) is 12.5. The number of terminal acetylenes is 1. The van der Waals surface area contributed by atoms with Crippen molar-refractivity contribution < 1.29 is 33.3 Å². The number of hydrogen-bond donors (Lipinski definition) is 2. The highest BCUT2D eigenvalue weighted by atomic mass is 19.4. The Morgan fingerprint density at radius 1 is 1.26 bits per heavy atom. The molecule has 12 heteroatoms. The number of benzene rings is 1. The van der Waals surface area contributed by atoms with Crippen LogP contribution >= 0.6 is 0 Å². The number of carbonyl (C=O) groups is 3. The second-order valence-corrected chi connectivity index (χ2v) is 9.51. The normalized spacial score (nSPS) is 16.8. The van der Waals surface area contributed by atoms with Gasteiger partial charge in [0.25, 0.3) is 5.91 Å². The number of nitrogens with zero attached hydrogens (tertiary/aromatic N) is 3. The molecule has 2 aromatic rings. The van der Waals surface area contributed by atoms with Crippen LogP contribution in [-0.2, 0) is 16.1 Å². The summed E-state index contributed by atoms with van der Waals surface area (Å²) in [5.41, 5.74) is -0.145. The van der Waals surface area contributed by atoms with Crippen LogP contribution in [0.5, 0.6) is 0 Å². The third-order valence-corrected chi connectivity index (χ3v) is 6.60. The Hall–Kier alpha value is -3.88. The molecule has 0 aliphatic heterocycles. The Bertz CT molecular complexity index is 1290. The van der Waals surface area contributed by atoms with Crippen molar-refractivity contribution in [3.05, 3.63) is 47.5 Å². The van der Waals surface area contributed by atoms with Crippen LogP contribution in [0.1, 0.15) is 62.4 Å². The molecule has 1 aliphatic rings. The minimum atomic E-state index is -4.58. The highest BCUT2D eigenvalue weighted by Gasteiger charge is 2.34. The van der Waals surface area contributed by atoms with Gasteiger partial charge in [-0.25, -0.2) is 9.07 Å². The van der Waals surface area contributed by atoms with E-state index in [0.717, 1.165) is 32.4 Å². The molecule has 0 saturated heterocycles. The molecule has 0 spiro atoms. The van der Waals surface area contributed by atoms with E-state index in [2.05, 4.69) is 21.7 Å². The molecule has 2 N–H and O–H groups in total. The zero-order valence-electron chi connectivity index (χ0n) is 22.6. The molecule has 8 nitrogen and oxygen atoms in total. The Balaban J connectivity index is 1.82. The lowest BCUT2D eigenvalue weighted by Gasteiger charge is -2.30. The maximum absolute atomic E-state index is 15.1. The van der Waals surface area contributed by atoms with E-state index in [9.17, 15) is 27.6 Å². The van der Waals surface area contributed by atoms with Crippen LogP contribution in [-0.4, -0.2) is 58.2 Å². The van der Waals surface area contributed by atoms with Crippen LogP contribution < -0.4 is 10.6 Å². The molecule has 1 heterocycles. The number of carbonyl (C=O) groups excluding carboxylic acids is 3. The number of alkyl halides is 3. The van der Waals surface area contributed by atoms with Crippen LogP contribution in [0.3, 0.4) is 0 Å². The molecule has 39 heavy (non-hydrogen) atoms. The second kappa shape index (κ2) is 12.8. The average molecular weight is 551 g/mol. The molecule has 2 atom stereocenters. The summed E-state index contributed by atoms with van der Waals surface area (Å²) in [4.78, 5) is 39.5. The van der Waals surface area contributed by atoms with Crippen molar-refractivity contribution in [1.82, 2.24) is 20.0 Å². The number of nitrogens with one attached hydrogen (secondary N) is 2. The smallest absolute Gasteiger partial charge is 0.339 e. The summed E-state index contributed by atoms with van der Waals surface area (Å²) in [6, 6.07) is 2.67. The van der Waals surface area contributed by atoms with Gasteiger partial charge in [-0.1, -0.05) is 31.2 Å². The number of halogens is 4. The number of likely N-dealkylation sites (N-methyl/N-ethyl adjacent to an activating group) is 1. The van der Waals surface area contributed by atoms with Crippen LogP contribution in [0.15, 0.2) is 30.5 Å². The molecule has 1 saturated carbocycles. The molecule has 3 amide bonds. The van der Waals surface area contributed by atoms with Gasteiger partial charge < -0.3 is 15.5 Å². The molecule has 0 radical (unpaired) electrons. The second-order valence-electron chi connectivity index (χ2n) is 9.51. The third-order valence-electron chi connectivity index (χ3n) is 6.60. The number of anilines is 1. The first kappa shape index (κ1) is 28.1. The monoisotopic (exact) mass is 550 g/mol. The quantitative estimate of drug-likeness (QED) is 0.363. The van der Waals surface area contributed by atoms with E-state index in [1.54, 1.807) is 0 Å². The van der Waals surface area contributed by atoms with Gasteiger partial charge in [-0.15, -0.1) is 6.42 Å². The Morgan fingerprint density at radius 2 is 1.95 bits per heavy atom. The van der Waals surface area contributed by atoms with Crippen molar-refractivity contribution >= 4 is 23.4 Å². The summed E-state index contributed by atoms with van der Waals surface area (Å²) in [6.07, 6.45) is 5.51. The van der Waals surface area contributed by atoms with E-state index in [1.807, 2.05) is 0 Å². The minimum Gasteiger partial charge on any atom is -0.339 e. The number of aromatic nitrogens is 2. The van der Waals surface area contributed by atoms with Crippen molar-refractivity contribution in [3.8, 4) is 12.3 Å². The van der Waals surface area contributed by atoms with Crippen molar-refractivity contribution in [1.29, 1.82) is 0 Å². The van der Waals surface area contributed by atoms with Gasteiger partial charge >= 0.3 is 6.18 Å². The highest BCUT2D eigenvalue weighted by molar-refractivity contribution is 6.00. The molecule has 2 unspecified atom stereocenters. The molecule has 1 fully saturated rings. The van der Waals surface area contributed by atoms with Crippen molar-refractivity contribution in [2.75, 3.05) is 18.9 Å². The minimum absolute atomic E-state index is 0.000853. The van der Waals surface area contributed by atoms with E-state index < -0.39 is 54.1 Å². The summed E-state index contributed by atoms with van der Waals surface area (Å²) < 4.78 is 63.4. The van der Waals surface area contributed by atoms with E-state index >= 15 is 4.39 Å². The maximum atomic E-state index is 15.1. The van der Waals surface area contributed by atoms with Gasteiger partial charge in [0, 0.05) is 13.2 Å². The van der Waals surface area contributed by atoms with Crippen molar-refractivity contribution in [2.24, 2.45) is 5.92 Å². The van der Waals surface area contributed by atoms with Crippen molar-refractivity contribution in [3.63, 3.8) is 0 Å². The van der Waals surface area contributed by atoms with Crippen LogP contribution in [0.25, 0.3) is 0 Å². The fraction of sp³-hybridized carbons (Fsp3) is 0.481. The van der Waals surface area contributed by atoms with Crippen LogP contribution in [0.4, 0.5) is 23.2 Å². The molecule has 0 bridgehead atoms. The molecule has 1 aliphatic carbocycles. The topological polar surface area (TPSA) is 96.3 Å². The number of amides is 3. The van der Waals surface area contributed by atoms with E-state index in [0.29, 0.717) is 17.7 Å². The van der Waals surface area contributed by atoms with Crippen LogP contribution in [0, 0.1) is 24.1 Å². The van der Waals surface area contributed by atoms with Gasteiger partial charge in [0.05, 0.1) is 13.0 Å².